The Morgan fingerprint density at radius 3 is 2.60 bits per heavy atom. The van der Waals surface area contributed by atoms with Crippen LogP contribution in [0.5, 0.6) is 0 Å². The monoisotopic (exact) mass is 212 g/mol. The minimum atomic E-state index is 0.487. The van der Waals surface area contributed by atoms with Crippen molar-refractivity contribution in [2.75, 3.05) is 20.2 Å². The summed E-state index contributed by atoms with van der Waals surface area (Å²) in [4.78, 5) is 0. The lowest BCUT2D eigenvalue weighted by molar-refractivity contribution is 0.0338. The van der Waals surface area contributed by atoms with E-state index in [0.717, 1.165) is 0 Å². The van der Waals surface area contributed by atoms with E-state index in [2.05, 4.69) is 10.4 Å². The molecule has 2 aliphatic rings. The van der Waals surface area contributed by atoms with Crippen LogP contribution in [0.25, 0.3) is 0 Å². The molecule has 1 saturated heterocycles. The molecule has 0 aromatic heterocycles. The second kappa shape index (κ2) is 5.83. The van der Waals surface area contributed by atoms with Crippen LogP contribution in [0.2, 0.25) is 0 Å². The number of hydrogen-bond acceptors (Lipinski definition) is 3. The fourth-order valence-corrected chi connectivity index (χ4v) is 2.76. The molecule has 2 unspecified atom stereocenters. The molecule has 0 amide bonds. The molecule has 3 nitrogen and oxygen atoms in total. The Morgan fingerprint density at radius 2 is 1.87 bits per heavy atom. The SMILES string of the molecule is COC1CCCC(NN2CCCCC2)C1. The summed E-state index contributed by atoms with van der Waals surface area (Å²) >= 11 is 0. The van der Waals surface area contributed by atoms with Gasteiger partial charge in [0.05, 0.1) is 6.10 Å². The lowest BCUT2D eigenvalue weighted by Gasteiger charge is -2.35. The zero-order valence-corrected chi connectivity index (χ0v) is 9.87. The smallest absolute Gasteiger partial charge is 0.0586 e. The Labute approximate surface area is 93.1 Å². The number of hydrazine groups is 1. The number of nitrogens with zero attached hydrogens (tertiary/aromatic N) is 1. The maximum Gasteiger partial charge on any atom is 0.0586 e. The Balaban J connectivity index is 1.72. The third-order valence-corrected chi connectivity index (χ3v) is 3.68. The van der Waals surface area contributed by atoms with Gasteiger partial charge < -0.3 is 4.74 Å². The third-order valence-electron chi connectivity index (χ3n) is 3.68. The second-order valence-electron chi connectivity index (χ2n) is 4.90. The summed E-state index contributed by atoms with van der Waals surface area (Å²) in [5, 5.41) is 2.42. The topological polar surface area (TPSA) is 24.5 Å². The molecule has 0 spiro atoms. The summed E-state index contributed by atoms with van der Waals surface area (Å²) in [6.45, 7) is 2.46. The molecule has 15 heavy (non-hydrogen) atoms. The fraction of sp³-hybridized carbons (Fsp3) is 1.00. The van der Waals surface area contributed by atoms with Crippen LogP contribution in [-0.2, 0) is 4.74 Å². The molecule has 2 rings (SSSR count). The number of hydrogen-bond donors (Lipinski definition) is 1. The van der Waals surface area contributed by atoms with Crippen LogP contribution < -0.4 is 5.43 Å². The Kier molecular flexibility index (Phi) is 4.42. The van der Waals surface area contributed by atoms with E-state index in [1.54, 1.807) is 0 Å². The highest BCUT2D eigenvalue weighted by Crippen LogP contribution is 2.21. The minimum Gasteiger partial charge on any atom is -0.381 e. The first-order valence-corrected chi connectivity index (χ1v) is 6.42. The molecule has 1 heterocycles. The van der Waals surface area contributed by atoms with Gasteiger partial charge in [-0.2, -0.15) is 0 Å². The molecule has 0 aromatic carbocycles. The summed E-state index contributed by atoms with van der Waals surface area (Å²) in [5.41, 5.74) is 3.68. The maximum atomic E-state index is 5.45. The molecule has 1 saturated carbocycles. The van der Waals surface area contributed by atoms with E-state index in [1.807, 2.05) is 7.11 Å². The van der Waals surface area contributed by atoms with Gasteiger partial charge in [-0.15, -0.1) is 0 Å². The minimum absolute atomic E-state index is 0.487. The molecule has 0 bridgehead atoms. The van der Waals surface area contributed by atoms with Crippen molar-refractivity contribution in [1.29, 1.82) is 0 Å². The number of rotatable bonds is 3. The first-order chi connectivity index (χ1) is 7.38. The van der Waals surface area contributed by atoms with Gasteiger partial charge in [-0.3, -0.25) is 5.43 Å². The van der Waals surface area contributed by atoms with Gasteiger partial charge in [0.25, 0.3) is 0 Å². The van der Waals surface area contributed by atoms with Crippen LogP contribution in [0.1, 0.15) is 44.9 Å². The van der Waals surface area contributed by atoms with Crippen LogP contribution in [0.4, 0.5) is 0 Å². The van der Waals surface area contributed by atoms with Crippen molar-refractivity contribution in [3.63, 3.8) is 0 Å². The van der Waals surface area contributed by atoms with E-state index in [0.29, 0.717) is 12.1 Å². The summed E-state index contributed by atoms with van der Waals surface area (Å²) in [6.07, 6.45) is 9.66. The highest BCUT2D eigenvalue weighted by molar-refractivity contribution is 4.78. The van der Waals surface area contributed by atoms with E-state index in [-0.39, 0.29) is 0 Å². The molecule has 88 valence electrons. The third kappa shape index (κ3) is 3.44. The number of nitrogens with one attached hydrogen (secondary N) is 1. The number of ether oxygens (including phenoxy) is 1. The molecule has 0 aromatic rings. The lowest BCUT2D eigenvalue weighted by Crippen LogP contribution is -2.49. The number of methoxy groups -OCH3 is 1. The molecular weight excluding hydrogens is 188 g/mol. The van der Waals surface area contributed by atoms with Crippen molar-refractivity contribution < 1.29 is 4.74 Å². The van der Waals surface area contributed by atoms with Crippen LogP contribution >= 0.6 is 0 Å². The quantitative estimate of drug-likeness (QED) is 0.773. The molecular formula is C12H24N2O. The molecule has 2 fully saturated rings. The molecule has 3 heteroatoms. The Bertz CT molecular complexity index is 180. The van der Waals surface area contributed by atoms with Crippen molar-refractivity contribution in [2.24, 2.45) is 0 Å². The maximum absolute atomic E-state index is 5.45. The van der Waals surface area contributed by atoms with E-state index in [4.69, 9.17) is 4.74 Å². The highest BCUT2D eigenvalue weighted by Gasteiger charge is 2.23. The van der Waals surface area contributed by atoms with Crippen molar-refractivity contribution in [3.05, 3.63) is 0 Å². The van der Waals surface area contributed by atoms with Gasteiger partial charge in [-0.05, 0) is 38.5 Å². The average molecular weight is 212 g/mol. The zero-order chi connectivity index (χ0) is 10.5. The van der Waals surface area contributed by atoms with E-state index in [9.17, 15) is 0 Å². The zero-order valence-electron chi connectivity index (χ0n) is 9.87. The Hall–Kier alpha value is -0.120. The van der Waals surface area contributed by atoms with Crippen molar-refractivity contribution >= 4 is 0 Å². The predicted octanol–water partition coefficient (Wildman–Crippen LogP) is 1.93. The van der Waals surface area contributed by atoms with Crippen LogP contribution in [0.3, 0.4) is 0 Å². The van der Waals surface area contributed by atoms with Crippen molar-refractivity contribution in [1.82, 2.24) is 10.4 Å². The van der Waals surface area contributed by atoms with Crippen LogP contribution in [0.15, 0.2) is 0 Å². The fourth-order valence-electron chi connectivity index (χ4n) is 2.76. The van der Waals surface area contributed by atoms with E-state index in [1.165, 1.54) is 58.0 Å². The van der Waals surface area contributed by atoms with Gasteiger partial charge >= 0.3 is 0 Å². The van der Waals surface area contributed by atoms with Gasteiger partial charge in [0.1, 0.15) is 0 Å². The van der Waals surface area contributed by atoms with Gasteiger partial charge in [0.15, 0.2) is 0 Å². The summed E-state index contributed by atoms with van der Waals surface area (Å²) in [6, 6.07) is 0.654. The summed E-state index contributed by atoms with van der Waals surface area (Å²) in [7, 11) is 1.84. The standard InChI is InChI=1S/C12H24N2O/c1-15-12-7-5-6-11(10-12)13-14-8-3-2-4-9-14/h11-13H,2-10H2,1H3. The summed E-state index contributed by atoms with van der Waals surface area (Å²) in [5.74, 6) is 0. The Morgan fingerprint density at radius 1 is 1.07 bits per heavy atom. The predicted molar refractivity (Wildman–Crippen MR) is 61.6 cm³/mol. The van der Waals surface area contributed by atoms with E-state index >= 15 is 0 Å². The molecule has 1 aliphatic carbocycles. The first kappa shape index (κ1) is 11.4. The molecule has 1 N–H and O–H groups in total. The van der Waals surface area contributed by atoms with Gasteiger partial charge in [-0.1, -0.05) is 6.42 Å². The van der Waals surface area contributed by atoms with Gasteiger partial charge in [0.2, 0.25) is 0 Å². The summed E-state index contributed by atoms with van der Waals surface area (Å²) < 4.78 is 5.45. The van der Waals surface area contributed by atoms with Crippen molar-refractivity contribution in [3.8, 4) is 0 Å². The lowest BCUT2D eigenvalue weighted by atomic mass is 9.93. The average Bonchev–Trinajstić information content (AvgIpc) is 2.31. The number of piperidine rings is 1. The second-order valence-corrected chi connectivity index (χ2v) is 4.90. The van der Waals surface area contributed by atoms with Gasteiger partial charge in [-0.25, -0.2) is 5.01 Å². The van der Waals surface area contributed by atoms with Gasteiger partial charge in [0, 0.05) is 26.2 Å². The molecule has 0 radical (unpaired) electrons. The van der Waals surface area contributed by atoms with Crippen molar-refractivity contribution in [2.45, 2.75) is 57.1 Å². The van der Waals surface area contributed by atoms with Crippen LogP contribution in [-0.4, -0.2) is 37.4 Å². The first-order valence-electron chi connectivity index (χ1n) is 6.42. The van der Waals surface area contributed by atoms with Crippen LogP contribution in [0, 0.1) is 0 Å². The van der Waals surface area contributed by atoms with E-state index < -0.39 is 0 Å². The molecule has 2 atom stereocenters. The normalized spacial score (nSPS) is 34.2. The highest BCUT2D eigenvalue weighted by atomic mass is 16.5. The largest absolute Gasteiger partial charge is 0.381 e. The molecule has 1 aliphatic heterocycles.